The first-order chi connectivity index (χ1) is 21.5. The molecule has 0 unspecified atom stereocenters. The molecule has 10 heteroatoms. The lowest BCUT2D eigenvalue weighted by molar-refractivity contribution is -0.138. The van der Waals surface area contributed by atoms with Crippen LogP contribution in [-0.2, 0) is 30.9 Å². The molecule has 3 aliphatic rings. The van der Waals surface area contributed by atoms with E-state index < -0.39 is 32.8 Å². The van der Waals surface area contributed by atoms with Gasteiger partial charge in [0.15, 0.2) is 23.1 Å². The second-order valence-corrected chi connectivity index (χ2v) is 15.6. The van der Waals surface area contributed by atoms with E-state index in [1.165, 1.54) is 19.2 Å². The number of nitrogens with zero attached hydrogens (tertiary/aromatic N) is 1. The monoisotopic (exact) mass is 647 g/mol. The van der Waals surface area contributed by atoms with Crippen molar-refractivity contribution in [3.63, 3.8) is 0 Å². The van der Waals surface area contributed by atoms with Gasteiger partial charge in [-0.05, 0) is 60.8 Å². The van der Waals surface area contributed by atoms with Crippen molar-refractivity contribution in [2.24, 2.45) is 10.8 Å². The molecule has 0 saturated heterocycles. The zero-order chi connectivity index (χ0) is 33.8. The van der Waals surface area contributed by atoms with Crippen LogP contribution in [0.3, 0.4) is 0 Å². The third-order valence-corrected chi connectivity index (χ3v) is 10.1. The second-order valence-electron chi connectivity index (χ2n) is 14.1. The number of hydrogen-bond acceptors (Lipinski definition) is 8. The summed E-state index contributed by atoms with van der Waals surface area (Å²) in [6.07, 6.45) is 3.19. The number of benzene rings is 2. The van der Waals surface area contributed by atoms with Crippen LogP contribution < -0.4 is 8.92 Å². The van der Waals surface area contributed by atoms with Crippen LogP contribution in [0.2, 0.25) is 0 Å². The van der Waals surface area contributed by atoms with Crippen molar-refractivity contribution in [3.05, 3.63) is 88.3 Å². The van der Waals surface area contributed by atoms with E-state index in [4.69, 9.17) is 8.92 Å². The average molecular weight is 648 g/mol. The molecule has 0 aromatic heterocycles. The molecule has 0 amide bonds. The highest BCUT2D eigenvalue weighted by Crippen LogP contribution is 2.55. The van der Waals surface area contributed by atoms with Gasteiger partial charge in [0, 0.05) is 46.9 Å². The molecule has 1 heterocycles. The van der Waals surface area contributed by atoms with Gasteiger partial charge >= 0.3 is 16.1 Å². The van der Waals surface area contributed by atoms with Gasteiger partial charge in [-0.3, -0.25) is 14.4 Å². The van der Waals surface area contributed by atoms with Crippen LogP contribution in [0.4, 0.5) is 0 Å². The summed E-state index contributed by atoms with van der Waals surface area (Å²) < 4.78 is 38.2. The first-order valence-corrected chi connectivity index (χ1v) is 16.7. The summed E-state index contributed by atoms with van der Waals surface area (Å²) in [5, 5.41) is 9.96. The molecule has 0 bridgehead atoms. The fourth-order valence-electron chi connectivity index (χ4n) is 6.97. The summed E-state index contributed by atoms with van der Waals surface area (Å²) in [4.78, 5) is 42.0. The molecule has 1 aliphatic heterocycles. The van der Waals surface area contributed by atoms with Gasteiger partial charge in [-0.25, -0.2) is 0 Å². The lowest BCUT2D eigenvalue weighted by Crippen LogP contribution is -2.45. The summed E-state index contributed by atoms with van der Waals surface area (Å²) in [6, 6.07) is 9.67. The van der Waals surface area contributed by atoms with Crippen molar-refractivity contribution in [2.45, 2.75) is 77.5 Å². The van der Waals surface area contributed by atoms with E-state index in [1.54, 1.807) is 35.2 Å². The van der Waals surface area contributed by atoms with Gasteiger partial charge in [-0.15, -0.1) is 6.58 Å². The zero-order valence-corrected chi connectivity index (χ0v) is 28.0. The summed E-state index contributed by atoms with van der Waals surface area (Å²) in [5.41, 5.74) is 3.10. The zero-order valence-electron chi connectivity index (χ0n) is 27.2. The highest BCUT2D eigenvalue weighted by atomic mass is 32.2. The Morgan fingerprint density at radius 2 is 1.52 bits per heavy atom. The summed E-state index contributed by atoms with van der Waals surface area (Å²) >= 11 is 0. The van der Waals surface area contributed by atoms with E-state index in [1.807, 2.05) is 34.6 Å². The molecule has 0 fully saturated rings. The summed E-state index contributed by atoms with van der Waals surface area (Å²) in [6.45, 7) is 13.3. The fourth-order valence-corrected chi connectivity index (χ4v) is 7.95. The molecule has 0 radical (unpaired) electrons. The molecule has 2 aromatic rings. The van der Waals surface area contributed by atoms with Crippen molar-refractivity contribution in [2.75, 3.05) is 13.7 Å². The Hall–Kier alpha value is -4.18. The number of carbonyl (C=O) groups is 3. The van der Waals surface area contributed by atoms with Gasteiger partial charge in [-0.1, -0.05) is 57.5 Å². The Kier molecular flexibility index (Phi) is 8.57. The average Bonchev–Trinajstić information content (AvgIpc) is 2.93. The number of ketones is 2. The van der Waals surface area contributed by atoms with Crippen LogP contribution in [0.1, 0.15) is 76.0 Å². The minimum Gasteiger partial charge on any atom is -0.493 e. The predicted molar refractivity (Wildman–Crippen MR) is 173 cm³/mol. The summed E-state index contributed by atoms with van der Waals surface area (Å²) in [7, 11) is -2.85. The normalized spacial score (nSPS) is 19.5. The van der Waals surface area contributed by atoms with E-state index in [0.717, 1.165) is 5.56 Å². The molecular weight excluding hydrogens is 606 g/mol. The number of methoxy groups -OCH3 is 1. The van der Waals surface area contributed by atoms with Gasteiger partial charge in [0.05, 0.1) is 7.11 Å². The summed E-state index contributed by atoms with van der Waals surface area (Å²) in [5.74, 6) is -2.04. The maximum Gasteiger partial charge on any atom is 0.339 e. The standard InChI is InChI=1S/C36H41NO8S/c1-8-9-22-14-23(15-29(44-7)34(22)45-46(42,43)24-12-10-21(2)11-13-24)31-32-25(16-35(3,4)18-27(32)38)37(20-30(40)41)26-17-36(5,6)19-28(39)33(26)31/h8,10-15,31H,1,9,16-20H2,2-7H3,(H,40,41). The number of carboxylic acid groups (broad SMARTS) is 1. The quantitative estimate of drug-likeness (QED) is 0.247. The molecule has 2 aliphatic carbocycles. The van der Waals surface area contributed by atoms with Crippen LogP contribution in [0.25, 0.3) is 0 Å². The number of ether oxygens (including phenoxy) is 1. The third-order valence-electron chi connectivity index (χ3n) is 8.89. The maximum absolute atomic E-state index is 14.1. The second kappa shape index (κ2) is 11.9. The number of carboxylic acids is 1. The predicted octanol–water partition coefficient (Wildman–Crippen LogP) is 6.27. The molecule has 0 saturated carbocycles. The van der Waals surface area contributed by atoms with Gasteiger partial charge in [0.2, 0.25) is 0 Å². The van der Waals surface area contributed by atoms with E-state index in [9.17, 15) is 27.9 Å². The van der Waals surface area contributed by atoms with Crippen molar-refractivity contribution in [1.82, 2.24) is 4.90 Å². The number of aryl methyl sites for hydroxylation is 1. The Bertz CT molecular complexity index is 1760. The molecule has 2 aromatic carbocycles. The molecule has 244 valence electrons. The van der Waals surface area contributed by atoms with Crippen molar-refractivity contribution in [3.8, 4) is 11.5 Å². The third kappa shape index (κ3) is 6.27. The van der Waals surface area contributed by atoms with E-state index in [-0.39, 0.29) is 53.8 Å². The molecular formula is C36H41NO8S. The number of allylic oxidation sites excluding steroid dienone is 5. The van der Waals surface area contributed by atoms with Crippen molar-refractivity contribution >= 4 is 27.7 Å². The SMILES string of the molecule is C=CCc1cc(C2C3=C(CC(C)(C)CC3=O)N(CC(=O)O)C3=C2C(=O)CC(C)(C)C3)cc(OC)c1OS(=O)(=O)c1ccc(C)cc1. The van der Waals surface area contributed by atoms with Crippen LogP contribution >= 0.6 is 0 Å². The van der Waals surface area contributed by atoms with Crippen LogP contribution in [0.5, 0.6) is 11.5 Å². The number of carbonyl (C=O) groups excluding carboxylic acids is 2. The van der Waals surface area contributed by atoms with Crippen LogP contribution in [0, 0.1) is 17.8 Å². The Labute approximate surface area is 270 Å². The van der Waals surface area contributed by atoms with Gasteiger partial charge in [0.25, 0.3) is 0 Å². The number of rotatable bonds is 9. The number of aliphatic carboxylic acids is 1. The van der Waals surface area contributed by atoms with Gasteiger partial charge < -0.3 is 18.9 Å². The van der Waals surface area contributed by atoms with Crippen molar-refractivity contribution in [1.29, 1.82) is 0 Å². The minimum absolute atomic E-state index is 0.00866. The largest absolute Gasteiger partial charge is 0.493 e. The van der Waals surface area contributed by atoms with Crippen LogP contribution in [-0.4, -0.2) is 49.6 Å². The minimum atomic E-state index is -4.25. The smallest absolute Gasteiger partial charge is 0.339 e. The molecule has 0 atom stereocenters. The Morgan fingerprint density at radius 1 is 0.978 bits per heavy atom. The van der Waals surface area contributed by atoms with E-state index in [2.05, 4.69) is 6.58 Å². The molecule has 46 heavy (non-hydrogen) atoms. The maximum atomic E-state index is 14.1. The first kappa shape index (κ1) is 33.2. The lowest BCUT2D eigenvalue weighted by atomic mass is 9.63. The lowest BCUT2D eigenvalue weighted by Gasteiger charge is -2.48. The molecule has 1 N–H and O–H groups in total. The van der Waals surface area contributed by atoms with E-state index >= 15 is 0 Å². The molecule has 5 rings (SSSR count). The Balaban J connectivity index is 1.75. The van der Waals surface area contributed by atoms with Crippen LogP contribution in [0.15, 0.2) is 76.5 Å². The van der Waals surface area contributed by atoms with Crippen molar-refractivity contribution < 1.29 is 36.8 Å². The van der Waals surface area contributed by atoms with E-state index in [0.29, 0.717) is 46.5 Å². The highest BCUT2D eigenvalue weighted by molar-refractivity contribution is 7.87. The molecule has 9 nitrogen and oxygen atoms in total. The first-order valence-electron chi connectivity index (χ1n) is 15.3. The highest BCUT2D eigenvalue weighted by Gasteiger charge is 2.49. The molecule has 0 spiro atoms. The number of hydrogen-bond donors (Lipinski definition) is 1. The number of Topliss-reactive ketones (excluding diaryl/α,β-unsaturated/α-hetero) is 2. The topological polar surface area (TPSA) is 127 Å². The fraction of sp³-hybridized carbons (Fsp3) is 0.417. The Morgan fingerprint density at radius 3 is 2.00 bits per heavy atom. The van der Waals surface area contributed by atoms with Gasteiger partial charge in [0.1, 0.15) is 11.4 Å². The van der Waals surface area contributed by atoms with Gasteiger partial charge in [-0.2, -0.15) is 8.42 Å².